The molecule has 0 aliphatic carbocycles. The second kappa shape index (κ2) is 7.27. The number of benzene rings is 1. The van der Waals surface area contributed by atoms with Crippen LogP contribution in [0.2, 0.25) is 0 Å². The highest BCUT2D eigenvalue weighted by atomic mass is 16.5. The molecule has 3 heteroatoms. The van der Waals surface area contributed by atoms with Crippen LogP contribution in [0, 0.1) is 5.92 Å². The summed E-state index contributed by atoms with van der Waals surface area (Å²) in [6.07, 6.45) is 3.38. The summed E-state index contributed by atoms with van der Waals surface area (Å²) in [4.78, 5) is 0. The summed E-state index contributed by atoms with van der Waals surface area (Å²) in [5.41, 5.74) is 7.32. The molecule has 0 aliphatic rings. The molecule has 0 aromatic heterocycles. The van der Waals surface area contributed by atoms with E-state index in [1.807, 2.05) is 18.2 Å². The molecular formula is C15H25NO2. The van der Waals surface area contributed by atoms with Gasteiger partial charge in [-0.25, -0.2) is 0 Å². The number of hydrogen-bond donors (Lipinski definition) is 1. The van der Waals surface area contributed by atoms with E-state index in [9.17, 15) is 0 Å². The molecule has 1 aromatic rings. The van der Waals surface area contributed by atoms with E-state index >= 15 is 0 Å². The van der Waals surface area contributed by atoms with Gasteiger partial charge in [-0.05, 0) is 30.5 Å². The predicted molar refractivity (Wildman–Crippen MR) is 75.2 cm³/mol. The van der Waals surface area contributed by atoms with E-state index < -0.39 is 0 Å². The Morgan fingerprint density at radius 2 is 1.94 bits per heavy atom. The smallest absolute Gasteiger partial charge is 0.123 e. The van der Waals surface area contributed by atoms with Crippen LogP contribution in [0.4, 0.5) is 0 Å². The van der Waals surface area contributed by atoms with E-state index in [2.05, 4.69) is 13.8 Å². The molecule has 2 atom stereocenters. The van der Waals surface area contributed by atoms with Gasteiger partial charge in [0.15, 0.2) is 0 Å². The molecule has 0 aliphatic heterocycles. The molecule has 0 radical (unpaired) electrons. The van der Waals surface area contributed by atoms with E-state index in [0.29, 0.717) is 5.92 Å². The number of methoxy groups -OCH3 is 2. The molecule has 102 valence electrons. The predicted octanol–water partition coefficient (Wildman–Crippen LogP) is 3.53. The molecule has 0 saturated carbocycles. The van der Waals surface area contributed by atoms with Gasteiger partial charge < -0.3 is 15.2 Å². The van der Waals surface area contributed by atoms with Gasteiger partial charge in [0.05, 0.1) is 14.2 Å². The van der Waals surface area contributed by atoms with Crippen molar-refractivity contribution in [1.82, 2.24) is 0 Å². The minimum absolute atomic E-state index is 0.00315. The van der Waals surface area contributed by atoms with E-state index in [1.54, 1.807) is 14.2 Å². The molecule has 0 saturated heterocycles. The molecule has 0 bridgehead atoms. The van der Waals surface area contributed by atoms with Gasteiger partial charge in [-0.3, -0.25) is 0 Å². The summed E-state index contributed by atoms with van der Waals surface area (Å²) in [5, 5.41) is 0. The van der Waals surface area contributed by atoms with Gasteiger partial charge in [-0.1, -0.05) is 26.7 Å². The Morgan fingerprint density at radius 1 is 1.22 bits per heavy atom. The maximum absolute atomic E-state index is 6.29. The largest absolute Gasteiger partial charge is 0.497 e. The zero-order valence-electron chi connectivity index (χ0n) is 11.9. The van der Waals surface area contributed by atoms with E-state index in [-0.39, 0.29) is 6.04 Å². The van der Waals surface area contributed by atoms with Gasteiger partial charge in [0, 0.05) is 11.6 Å². The Bertz CT molecular complexity index is 366. The molecule has 18 heavy (non-hydrogen) atoms. The maximum atomic E-state index is 6.29. The Hall–Kier alpha value is -1.22. The molecule has 2 unspecified atom stereocenters. The first-order valence-corrected chi connectivity index (χ1v) is 6.59. The van der Waals surface area contributed by atoms with Gasteiger partial charge in [-0.15, -0.1) is 0 Å². The molecule has 0 spiro atoms. The van der Waals surface area contributed by atoms with Crippen molar-refractivity contribution >= 4 is 0 Å². The summed E-state index contributed by atoms with van der Waals surface area (Å²) >= 11 is 0. The van der Waals surface area contributed by atoms with Crippen molar-refractivity contribution in [3.05, 3.63) is 23.8 Å². The zero-order valence-corrected chi connectivity index (χ0v) is 11.9. The normalized spacial score (nSPS) is 14.1. The van der Waals surface area contributed by atoms with Crippen molar-refractivity contribution in [2.75, 3.05) is 14.2 Å². The fraction of sp³-hybridized carbons (Fsp3) is 0.600. The Morgan fingerprint density at radius 3 is 2.50 bits per heavy atom. The fourth-order valence-electron chi connectivity index (χ4n) is 2.30. The van der Waals surface area contributed by atoms with Crippen LogP contribution in [0.3, 0.4) is 0 Å². The molecule has 0 fully saturated rings. The van der Waals surface area contributed by atoms with Crippen LogP contribution in [0.25, 0.3) is 0 Å². The van der Waals surface area contributed by atoms with Crippen molar-refractivity contribution in [3.63, 3.8) is 0 Å². The Balaban J connectivity index is 2.85. The first kappa shape index (κ1) is 14.8. The highest BCUT2D eigenvalue weighted by Gasteiger charge is 2.15. The second-order valence-electron chi connectivity index (χ2n) is 4.84. The van der Waals surface area contributed by atoms with Crippen LogP contribution in [0.5, 0.6) is 11.5 Å². The molecule has 1 aromatic carbocycles. The van der Waals surface area contributed by atoms with E-state index in [1.165, 1.54) is 12.8 Å². The van der Waals surface area contributed by atoms with E-state index in [0.717, 1.165) is 23.5 Å². The zero-order chi connectivity index (χ0) is 13.5. The summed E-state index contributed by atoms with van der Waals surface area (Å²) in [6.45, 7) is 4.45. The molecule has 2 N–H and O–H groups in total. The molecule has 0 heterocycles. The standard InChI is InChI=1S/C15H25NO2/c1-5-6-11(2)9-14(16)13-10-12(17-3)7-8-15(13)18-4/h7-8,10-11,14H,5-6,9,16H2,1-4H3. The van der Waals surface area contributed by atoms with Crippen molar-refractivity contribution in [2.45, 2.75) is 39.2 Å². The molecule has 0 amide bonds. The third kappa shape index (κ3) is 3.91. The fourth-order valence-corrected chi connectivity index (χ4v) is 2.30. The summed E-state index contributed by atoms with van der Waals surface area (Å²) in [5.74, 6) is 2.29. The van der Waals surface area contributed by atoms with Crippen LogP contribution in [0.1, 0.15) is 44.7 Å². The minimum Gasteiger partial charge on any atom is -0.497 e. The van der Waals surface area contributed by atoms with Crippen molar-refractivity contribution < 1.29 is 9.47 Å². The number of hydrogen-bond acceptors (Lipinski definition) is 3. The van der Waals surface area contributed by atoms with Crippen LogP contribution in [-0.4, -0.2) is 14.2 Å². The lowest BCUT2D eigenvalue weighted by atomic mass is 9.93. The van der Waals surface area contributed by atoms with Crippen LogP contribution >= 0.6 is 0 Å². The van der Waals surface area contributed by atoms with Crippen molar-refractivity contribution in [2.24, 2.45) is 11.7 Å². The Labute approximate surface area is 110 Å². The first-order valence-electron chi connectivity index (χ1n) is 6.59. The number of ether oxygens (including phenoxy) is 2. The van der Waals surface area contributed by atoms with Crippen LogP contribution in [0.15, 0.2) is 18.2 Å². The third-order valence-corrected chi connectivity index (χ3v) is 3.27. The van der Waals surface area contributed by atoms with E-state index in [4.69, 9.17) is 15.2 Å². The van der Waals surface area contributed by atoms with Gasteiger partial charge >= 0.3 is 0 Å². The topological polar surface area (TPSA) is 44.5 Å². The number of nitrogens with two attached hydrogens (primary N) is 1. The lowest BCUT2D eigenvalue weighted by Gasteiger charge is -2.20. The quantitative estimate of drug-likeness (QED) is 0.806. The van der Waals surface area contributed by atoms with Crippen LogP contribution < -0.4 is 15.2 Å². The highest BCUT2D eigenvalue weighted by molar-refractivity contribution is 5.42. The van der Waals surface area contributed by atoms with Crippen molar-refractivity contribution in [3.8, 4) is 11.5 Å². The second-order valence-corrected chi connectivity index (χ2v) is 4.84. The summed E-state index contributed by atoms with van der Waals surface area (Å²) < 4.78 is 10.6. The lowest BCUT2D eigenvalue weighted by Crippen LogP contribution is -2.15. The monoisotopic (exact) mass is 251 g/mol. The molecule has 1 rings (SSSR count). The van der Waals surface area contributed by atoms with Gasteiger partial charge in [-0.2, -0.15) is 0 Å². The molecule has 3 nitrogen and oxygen atoms in total. The summed E-state index contributed by atoms with van der Waals surface area (Å²) in [6, 6.07) is 5.78. The average molecular weight is 251 g/mol. The summed E-state index contributed by atoms with van der Waals surface area (Å²) in [7, 11) is 3.34. The SMILES string of the molecule is CCCC(C)CC(N)c1cc(OC)ccc1OC. The average Bonchev–Trinajstić information content (AvgIpc) is 2.38. The first-order chi connectivity index (χ1) is 8.62. The van der Waals surface area contributed by atoms with Crippen molar-refractivity contribution in [1.29, 1.82) is 0 Å². The van der Waals surface area contributed by atoms with Crippen LogP contribution in [-0.2, 0) is 0 Å². The molecular weight excluding hydrogens is 226 g/mol. The van der Waals surface area contributed by atoms with Gasteiger partial charge in [0.25, 0.3) is 0 Å². The highest BCUT2D eigenvalue weighted by Crippen LogP contribution is 2.31. The number of rotatable bonds is 7. The third-order valence-electron chi connectivity index (χ3n) is 3.27. The minimum atomic E-state index is -0.00315. The maximum Gasteiger partial charge on any atom is 0.123 e. The Kier molecular flexibility index (Phi) is 5.99. The lowest BCUT2D eigenvalue weighted by molar-refractivity contribution is 0.384. The van der Waals surface area contributed by atoms with Gasteiger partial charge in [0.2, 0.25) is 0 Å². The van der Waals surface area contributed by atoms with Gasteiger partial charge in [0.1, 0.15) is 11.5 Å².